The molecule has 0 aliphatic carbocycles. The van der Waals surface area contributed by atoms with Gasteiger partial charge in [0.15, 0.2) is 0 Å². The van der Waals surface area contributed by atoms with Gasteiger partial charge < -0.3 is 0 Å². The normalized spacial score (nSPS) is 13.4. The largest absolute Gasteiger partial charge is 0.0959 e. The molecule has 0 aliphatic rings. The van der Waals surface area contributed by atoms with Crippen molar-refractivity contribution >= 4 is 0 Å². The summed E-state index contributed by atoms with van der Waals surface area (Å²) >= 11 is 0. The maximum absolute atomic E-state index is 3.91. The summed E-state index contributed by atoms with van der Waals surface area (Å²) in [6.45, 7) is 14.8. The summed E-state index contributed by atoms with van der Waals surface area (Å²) in [5.74, 6) is 0. The highest BCUT2D eigenvalue weighted by Crippen LogP contribution is 2.24. The van der Waals surface area contributed by atoms with Crippen LogP contribution < -0.4 is 0 Å². The lowest BCUT2D eigenvalue weighted by molar-refractivity contribution is 0.459. The highest BCUT2D eigenvalue weighted by molar-refractivity contribution is 5.25. The van der Waals surface area contributed by atoms with Gasteiger partial charge in [-0.05, 0) is 25.7 Å². The molecule has 0 N–H and O–H groups in total. The van der Waals surface area contributed by atoms with E-state index in [0.29, 0.717) is 5.41 Å². The van der Waals surface area contributed by atoms with Crippen molar-refractivity contribution in [1.29, 1.82) is 0 Å². The van der Waals surface area contributed by atoms with E-state index in [-0.39, 0.29) is 0 Å². The topological polar surface area (TPSA) is 0 Å². The molecule has 0 unspecified atom stereocenters. The smallest absolute Gasteiger partial charge is 0.0172 e. The van der Waals surface area contributed by atoms with Gasteiger partial charge in [-0.2, -0.15) is 0 Å². The Kier molecular flexibility index (Phi) is 3.57. The zero-order valence-corrected chi connectivity index (χ0v) is 8.49. The molecule has 64 valence electrons. The third-order valence-electron chi connectivity index (χ3n) is 2.19. The van der Waals surface area contributed by atoms with Crippen molar-refractivity contribution in [1.82, 2.24) is 0 Å². The molecule has 0 aromatic heterocycles. The molecule has 0 heteroatoms. The third kappa shape index (κ3) is 4.02. The van der Waals surface area contributed by atoms with Gasteiger partial charge in [-0.1, -0.05) is 44.6 Å². The second kappa shape index (κ2) is 3.75. The minimum Gasteiger partial charge on any atom is -0.0959 e. The molecule has 0 bridgehead atoms. The number of allylic oxidation sites excluding steroid dienone is 3. The van der Waals surface area contributed by atoms with Crippen LogP contribution in [0.25, 0.3) is 0 Å². The van der Waals surface area contributed by atoms with Gasteiger partial charge in [0.2, 0.25) is 0 Å². The van der Waals surface area contributed by atoms with Crippen LogP contribution in [0, 0.1) is 5.41 Å². The molecule has 0 amide bonds. The Morgan fingerprint density at radius 1 is 1.36 bits per heavy atom. The van der Waals surface area contributed by atoms with Crippen LogP contribution in [-0.4, -0.2) is 0 Å². The average Bonchev–Trinajstić information content (AvgIpc) is 1.87. The summed E-state index contributed by atoms with van der Waals surface area (Å²) in [5.41, 5.74) is 2.81. The van der Waals surface area contributed by atoms with Crippen LogP contribution >= 0.6 is 0 Å². The summed E-state index contributed by atoms with van der Waals surface area (Å²) in [6.07, 6.45) is 3.48. The first-order valence-corrected chi connectivity index (χ1v) is 4.24. The maximum atomic E-state index is 3.91. The predicted octanol–water partition coefficient (Wildman–Crippen LogP) is 3.95. The van der Waals surface area contributed by atoms with Crippen LogP contribution in [0.5, 0.6) is 0 Å². The molecule has 0 heterocycles. The standard InChI is InChI=1S/C11H20/c1-7-11(5,6)8-10(4)9(2)3/h8H,2,7H2,1,3-6H3. The van der Waals surface area contributed by atoms with E-state index in [2.05, 4.69) is 47.3 Å². The zero-order chi connectivity index (χ0) is 9.07. The van der Waals surface area contributed by atoms with Gasteiger partial charge in [-0.15, -0.1) is 0 Å². The minimum absolute atomic E-state index is 0.322. The lowest BCUT2D eigenvalue weighted by Gasteiger charge is -2.18. The van der Waals surface area contributed by atoms with Crippen molar-refractivity contribution in [2.75, 3.05) is 0 Å². The average molecular weight is 152 g/mol. The van der Waals surface area contributed by atoms with Crippen molar-refractivity contribution in [2.45, 2.75) is 41.0 Å². The Bertz CT molecular complexity index is 170. The molecule has 0 aliphatic heterocycles. The summed E-state index contributed by atoms with van der Waals surface area (Å²) in [4.78, 5) is 0. The first kappa shape index (κ1) is 10.5. The van der Waals surface area contributed by atoms with Crippen LogP contribution in [0.1, 0.15) is 41.0 Å². The predicted molar refractivity (Wildman–Crippen MR) is 52.6 cm³/mol. The molecule has 0 spiro atoms. The minimum atomic E-state index is 0.322. The van der Waals surface area contributed by atoms with E-state index >= 15 is 0 Å². The molecule has 0 fully saturated rings. The van der Waals surface area contributed by atoms with Gasteiger partial charge in [0, 0.05) is 0 Å². The summed E-state index contributed by atoms with van der Waals surface area (Å²) in [6, 6.07) is 0. The Morgan fingerprint density at radius 3 is 2.09 bits per heavy atom. The maximum Gasteiger partial charge on any atom is -0.0172 e. The van der Waals surface area contributed by atoms with Crippen LogP contribution in [0.2, 0.25) is 0 Å². The Hall–Kier alpha value is -0.520. The van der Waals surface area contributed by atoms with Crippen molar-refractivity contribution < 1.29 is 0 Å². The molecule has 11 heavy (non-hydrogen) atoms. The molecule has 0 atom stereocenters. The van der Waals surface area contributed by atoms with Crippen LogP contribution in [0.3, 0.4) is 0 Å². The monoisotopic (exact) mass is 152 g/mol. The fourth-order valence-corrected chi connectivity index (χ4v) is 0.811. The molecule has 0 nitrogen and oxygen atoms in total. The molecule has 0 saturated carbocycles. The Labute approximate surface area is 71.0 Å². The molecule has 0 rings (SSSR count). The third-order valence-corrected chi connectivity index (χ3v) is 2.19. The van der Waals surface area contributed by atoms with Crippen LogP contribution in [0.15, 0.2) is 23.8 Å². The van der Waals surface area contributed by atoms with E-state index < -0.39 is 0 Å². The summed E-state index contributed by atoms with van der Waals surface area (Å²) in [7, 11) is 0. The second-order valence-corrected chi connectivity index (χ2v) is 3.95. The van der Waals surface area contributed by atoms with Gasteiger partial charge in [0.25, 0.3) is 0 Å². The highest BCUT2D eigenvalue weighted by atomic mass is 14.2. The van der Waals surface area contributed by atoms with E-state index in [1.807, 2.05) is 0 Å². The zero-order valence-electron chi connectivity index (χ0n) is 8.49. The molecule has 0 radical (unpaired) electrons. The number of rotatable bonds is 3. The van der Waals surface area contributed by atoms with E-state index in [4.69, 9.17) is 0 Å². The summed E-state index contributed by atoms with van der Waals surface area (Å²) < 4.78 is 0. The van der Waals surface area contributed by atoms with Gasteiger partial charge >= 0.3 is 0 Å². The number of hydrogen-bond donors (Lipinski definition) is 0. The Morgan fingerprint density at radius 2 is 1.82 bits per heavy atom. The van der Waals surface area contributed by atoms with E-state index in [1.165, 1.54) is 17.6 Å². The molecule has 0 aromatic carbocycles. The lowest BCUT2D eigenvalue weighted by atomic mass is 9.87. The first-order valence-electron chi connectivity index (χ1n) is 4.24. The first-order chi connectivity index (χ1) is 4.89. The van der Waals surface area contributed by atoms with Crippen molar-refractivity contribution in [3.63, 3.8) is 0 Å². The van der Waals surface area contributed by atoms with E-state index in [1.54, 1.807) is 0 Å². The van der Waals surface area contributed by atoms with Gasteiger partial charge in [-0.3, -0.25) is 0 Å². The second-order valence-electron chi connectivity index (χ2n) is 3.95. The fourth-order valence-electron chi connectivity index (χ4n) is 0.811. The van der Waals surface area contributed by atoms with Gasteiger partial charge in [0.05, 0.1) is 0 Å². The van der Waals surface area contributed by atoms with Crippen LogP contribution in [-0.2, 0) is 0 Å². The highest BCUT2D eigenvalue weighted by Gasteiger charge is 2.11. The van der Waals surface area contributed by atoms with E-state index in [0.717, 1.165) is 0 Å². The van der Waals surface area contributed by atoms with Crippen LogP contribution in [0.4, 0.5) is 0 Å². The van der Waals surface area contributed by atoms with Crippen molar-refractivity contribution in [3.05, 3.63) is 23.8 Å². The van der Waals surface area contributed by atoms with Crippen molar-refractivity contribution in [3.8, 4) is 0 Å². The molecule has 0 aromatic rings. The molecule has 0 saturated heterocycles. The van der Waals surface area contributed by atoms with Crippen molar-refractivity contribution in [2.24, 2.45) is 5.41 Å². The SMILES string of the molecule is C=C(C)C(C)=CC(C)(C)CC. The fraction of sp³-hybridized carbons (Fsp3) is 0.636. The van der Waals surface area contributed by atoms with Gasteiger partial charge in [0.1, 0.15) is 0 Å². The summed E-state index contributed by atoms with van der Waals surface area (Å²) in [5, 5.41) is 0. The number of hydrogen-bond acceptors (Lipinski definition) is 0. The quantitative estimate of drug-likeness (QED) is 0.537. The molecular formula is C11H20. The van der Waals surface area contributed by atoms with Gasteiger partial charge in [-0.25, -0.2) is 0 Å². The Balaban J connectivity index is 4.41. The van der Waals surface area contributed by atoms with E-state index in [9.17, 15) is 0 Å². The lowest BCUT2D eigenvalue weighted by Crippen LogP contribution is -2.05. The molecular weight excluding hydrogens is 132 g/mol.